The first-order valence-electron chi connectivity index (χ1n) is 4.11. The Labute approximate surface area is 96.3 Å². The molecule has 1 aromatic carbocycles. The summed E-state index contributed by atoms with van der Waals surface area (Å²) in [6, 6.07) is 2.74. The molecule has 16 heavy (non-hydrogen) atoms. The van der Waals surface area contributed by atoms with E-state index in [-0.39, 0.29) is 22.8 Å². The van der Waals surface area contributed by atoms with Crippen molar-refractivity contribution in [2.45, 2.75) is 6.18 Å². The van der Waals surface area contributed by atoms with E-state index in [1.165, 1.54) is 12.1 Å². The molecule has 0 aliphatic carbocycles. The monoisotopic (exact) mass is 296 g/mol. The molecule has 2 rings (SSSR count). The van der Waals surface area contributed by atoms with Crippen LogP contribution in [0.1, 0.15) is 10.4 Å². The van der Waals surface area contributed by atoms with Crippen LogP contribution in [0.3, 0.4) is 0 Å². The number of carbonyl (C=O) groups excluding carboxylic acids is 1. The van der Waals surface area contributed by atoms with Crippen LogP contribution in [-0.2, 0) is 0 Å². The van der Waals surface area contributed by atoms with Crippen LogP contribution in [-0.4, -0.2) is 18.8 Å². The Bertz CT molecular complexity index is 456. The zero-order valence-corrected chi connectivity index (χ0v) is 9.18. The summed E-state index contributed by atoms with van der Waals surface area (Å²) in [5.41, 5.74) is -0.553. The summed E-state index contributed by atoms with van der Waals surface area (Å²) in [5.74, 6) is -1.99. The number of ketones is 1. The molecule has 7 heteroatoms. The van der Waals surface area contributed by atoms with E-state index in [1.54, 1.807) is 0 Å². The van der Waals surface area contributed by atoms with E-state index >= 15 is 0 Å². The molecule has 0 atom stereocenters. The SMILES string of the molecule is O=C(c1c(Br)ccc2c1OCO2)C(F)(F)F. The lowest BCUT2D eigenvalue weighted by Crippen LogP contribution is -2.23. The number of benzene rings is 1. The fourth-order valence-corrected chi connectivity index (χ4v) is 1.79. The number of ether oxygens (including phenoxy) is 2. The molecule has 3 nitrogen and oxygen atoms in total. The molecule has 1 aromatic rings. The Morgan fingerprint density at radius 3 is 2.62 bits per heavy atom. The molecule has 0 bridgehead atoms. The van der Waals surface area contributed by atoms with Gasteiger partial charge in [0.05, 0.1) is 5.56 Å². The number of Topliss-reactive ketones (excluding diaryl/α,β-unsaturated/α-hetero) is 1. The van der Waals surface area contributed by atoms with Crippen molar-refractivity contribution in [2.24, 2.45) is 0 Å². The highest BCUT2D eigenvalue weighted by Crippen LogP contribution is 2.42. The molecule has 0 radical (unpaired) electrons. The molecule has 0 unspecified atom stereocenters. The standard InChI is InChI=1S/C9H4BrF3O3/c10-4-1-2-5-7(16-3-15-5)6(4)8(14)9(11,12)13/h1-2H,3H2. The topological polar surface area (TPSA) is 35.5 Å². The highest BCUT2D eigenvalue weighted by atomic mass is 79.9. The first-order chi connectivity index (χ1) is 7.41. The summed E-state index contributed by atoms with van der Waals surface area (Å²) in [6.07, 6.45) is -4.94. The minimum absolute atomic E-state index is 0.0269. The van der Waals surface area contributed by atoms with Crippen LogP contribution < -0.4 is 9.47 Å². The maximum absolute atomic E-state index is 12.3. The molecular weight excluding hydrogens is 293 g/mol. The van der Waals surface area contributed by atoms with Crippen molar-refractivity contribution in [3.05, 3.63) is 22.2 Å². The Morgan fingerprint density at radius 1 is 1.31 bits per heavy atom. The Kier molecular flexibility index (Phi) is 2.57. The zero-order chi connectivity index (χ0) is 11.9. The van der Waals surface area contributed by atoms with Crippen LogP contribution in [0.15, 0.2) is 16.6 Å². The Morgan fingerprint density at radius 2 is 2.00 bits per heavy atom. The van der Waals surface area contributed by atoms with E-state index in [9.17, 15) is 18.0 Å². The van der Waals surface area contributed by atoms with Crippen molar-refractivity contribution in [2.75, 3.05) is 6.79 Å². The van der Waals surface area contributed by atoms with Crippen LogP contribution in [0.2, 0.25) is 0 Å². The minimum atomic E-state index is -4.94. The van der Waals surface area contributed by atoms with Crippen molar-refractivity contribution in [1.82, 2.24) is 0 Å². The maximum atomic E-state index is 12.3. The number of rotatable bonds is 1. The molecule has 0 aromatic heterocycles. The first kappa shape index (κ1) is 11.3. The molecule has 1 aliphatic heterocycles. The second kappa shape index (κ2) is 3.65. The highest BCUT2D eigenvalue weighted by Gasteiger charge is 2.43. The number of carbonyl (C=O) groups is 1. The van der Waals surface area contributed by atoms with E-state index in [4.69, 9.17) is 9.47 Å². The van der Waals surface area contributed by atoms with Gasteiger partial charge in [-0.15, -0.1) is 0 Å². The summed E-state index contributed by atoms with van der Waals surface area (Å²) < 4.78 is 46.7. The van der Waals surface area contributed by atoms with Gasteiger partial charge in [0.2, 0.25) is 6.79 Å². The van der Waals surface area contributed by atoms with Gasteiger partial charge in [-0.3, -0.25) is 4.79 Å². The largest absolute Gasteiger partial charge is 0.455 e. The van der Waals surface area contributed by atoms with E-state index in [0.29, 0.717) is 0 Å². The predicted molar refractivity (Wildman–Crippen MR) is 50.7 cm³/mol. The van der Waals surface area contributed by atoms with Gasteiger partial charge in [-0.25, -0.2) is 0 Å². The van der Waals surface area contributed by atoms with Gasteiger partial charge in [-0.2, -0.15) is 13.2 Å². The van der Waals surface area contributed by atoms with Gasteiger partial charge < -0.3 is 9.47 Å². The summed E-state index contributed by atoms with van der Waals surface area (Å²) >= 11 is 2.89. The van der Waals surface area contributed by atoms with Crippen molar-refractivity contribution >= 4 is 21.7 Å². The van der Waals surface area contributed by atoms with E-state index in [0.717, 1.165) is 0 Å². The lowest BCUT2D eigenvalue weighted by atomic mass is 10.1. The number of hydrogen-bond acceptors (Lipinski definition) is 3. The normalized spacial score (nSPS) is 14.0. The maximum Gasteiger partial charge on any atom is 0.455 e. The smallest absolute Gasteiger partial charge is 0.454 e. The molecular formula is C9H4BrF3O3. The summed E-state index contributed by atoms with van der Waals surface area (Å²) in [4.78, 5) is 11.2. The van der Waals surface area contributed by atoms with Crippen LogP contribution in [0.4, 0.5) is 13.2 Å². The van der Waals surface area contributed by atoms with Crippen LogP contribution >= 0.6 is 15.9 Å². The van der Waals surface area contributed by atoms with Crippen LogP contribution in [0.5, 0.6) is 11.5 Å². The van der Waals surface area contributed by atoms with Gasteiger partial charge in [0.25, 0.3) is 5.78 Å². The van der Waals surface area contributed by atoms with Crippen molar-refractivity contribution in [3.63, 3.8) is 0 Å². The summed E-state index contributed by atoms with van der Waals surface area (Å²) in [5, 5.41) is 0. The molecule has 0 saturated carbocycles. The molecule has 1 heterocycles. The summed E-state index contributed by atoms with van der Waals surface area (Å²) in [7, 11) is 0. The predicted octanol–water partition coefficient (Wildman–Crippen LogP) is 2.92. The van der Waals surface area contributed by atoms with Crippen LogP contribution in [0.25, 0.3) is 0 Å². The molecule has 0 fully saturated rings. The molecule has 1 aliphatic rings. The van der Waals surface area contributed by atoms with Crippen molar-refractivity contribution in [3.8, 4) is 11.5 Å². The van der Waals surface area contributed by atoms with Crippen LogP contribution in [0, 0.1) is 0 Å². The van der Waals surface area contributed by atoms with Crippen molar-refractivity contribution < 1.29 is 27.4 Å². The fraction of sp³-hybridized carbons (Fsp3) is 0.222. The quantitative estimate of drug-likeness (QED) is 0.748. The zero-order valence-electron chi connectivity index (χ0n) is 7.60. The third-order valence-electron chi connectivity index (χ3n) is 1.97. The van der Waals surface area contributed by atoms with E-state index in [1.807, 2.05) is 0 Å². The highest BCUT2D eigenvalue weighted by molar-refractivity contribution is 9.10. The minimum Gasteiger partial charge on any atom is -0.454 e. The van der Waals surface area contributed by atoms with Gasteiger partial charge in [0.15, 0.2) is 11.5 Å². The van der Waals surface area contributed by atoms with Gasteiger partial charge in [0.1, 0.15) is 0 Å². The number of hydrogen-bond donors (Lipinski definition) is 0. The second-order valence-corrected chi connectivity index (χ2v) is 3.84. The van der Waals surface area contributed by atoms with E-state index in [2.05, 4.69) is 15.9 Å². The average molecular weight is 297 g/mol. The van der Waals surface area contributed by atoms with Gasteiger partial charge in [-0.05, 0) is 28.1 Å². The third-order valence-corrected chi connectivity index (χ3v) is 2.63. The lowest BCUT2D eigenvalue weighted by Gasteiger charge is -2.09. The number of fused-ring (bicyclic) bond motifs is 1. The van der Waals surface area contributed by atoms with Gasteiger partial charge >= 0.3 is 6.18 Å². The Hall–Kier alpha value is -1.24. The number of alkyl halides is 3. The summed E-state index contributed by atoms with van der Waals surface area (Å²) in [6.45, 7) is -0.191. The van der Waals surface area contributed by atoms with Gasteiger partial charge in [0, 0.05) is 4.47 Å². The first-order valence-corrected chi connectivity index (χ1v) is 4.90. The third kappa shape index (κ3) is 1.75. The molecule has 86 valence electrons. The number of halogens is 4. The fourth-order valence-electron chi connectivity index (χ4n) is 1.30. The second-order valence-electron chi connectivity index (χ2n) is 2.98. The van der Waals surface area contributed by atoms with E-state index < -0.39 is 17.5 Å². The molecule has 0 amide bonds. The lowest BCUT2D eigenvalue weighted by molar-refractivity contribution is -0.0887. The van der Waals surface area contributed by atoms with Crippen molar-refractivity contribution in [1.29, 1.82) is 0 Å². The van der Waals surface area contributed by atoms with Gasteiger partial charge in [-0.1, -0.05) is 0 Å². The molecule has 0 N–H and O–H groups in total. The average Bonchev–Trinajstić information content (AvgIpc) is 2.63. The molecule has 0 saturated heterocycles. The molecule has 0 spiro atoms. The Balaban J connectivity index is 2.57.